The summed E-state index contributed by atoms with van der Waals surface area (Å²) in [6.45, 7) is 0.968. The van der Waals surface area contributed by atoms with Crippen LogP contribution in [0.25, 0.3) is 0 Å². The number of hydrogen-bond donors (Lipinski definition) is 0. The van der Waals surface area contributed by atoms with Crippen molar-refractivity contribution >= 4 is 23.3 Å². The van der Waals surface area contributed by atoms with Crippen LogP contribution in [0.1, 0.15) is 0 Å². The maximum Gasteiger partial charge on any atom is 0.265 e. The molecule has 0 atom stereocenters. The van der Waals surface area contributed by atoms with Gasteiger partial charge in [0.1, 0.15) is 6.61 Å². The Labute approximate surface area is 73.4 Å². The summed E-state index contributed by atoms with van der Waals surface area (Å²) in [5, 5.41) is 0.311. The number of methoxy groups -OCH3 is 1. The van der Waals surface area contributed by atoms with Crippen LogP contribution in [-0.2, 0) is 4.74 Å². The summed E-state index contributed by atoms with van der Waals surface area (Å²) in [5.41, 5.74) is 0. The molecule has 1 heterocycles. The first-order chi connectivity index (χ1) is 5.34. The SMILES string of the molecule is COCCOc1nsnc1Cl. The van der Waals surface area contributed by atoms with Gasteiger partial charge >= 0.3 is 0 Å². The molecule has 6 heteroatoms. The van der Waals surface area contributed by atoms with Crippen LogP contribution in [0.4, 0.5) is 0 Å². The van der Waals surface area contributed by atoms with Crippen LogP contribution in [0, 0.1) is 0 Å². The lowest BCUT2D eigenvalue weighted by molar-refractivity contribution is 0.144. The number of ether oxygens (including phenoxy) is 2. The molecule has 0 saturated carbocycles. The average molecular weight is 195 g/mol. The van der Waals surface area contributed by atoms with Crippen LogP contribution in [0.3, 0.4) is 0 Å². The van der Waals surface area contributed by atoms with Crippen molar-refractivity contribution in [2.45, 2.75) is 0 Å². The Balaban J connectivity index is 2.32. The Morgan fingerprint density at radius 3 is 2.82 bits per heavy atom. The lowest BCUT2D eigenvalue weighted by Crippen LogP contribution is -2.04. The van der Waals surface area contributed by atoms with Crippen molar-refractivity contribution in [2.24, 2.45) is 0 Å². The molecule has 0 saturated heterocycles. The molecule has 0 aliphatic carbocycles. The second-order valence-electron chi connectivity index (χ2n) is 1.70. The summed E-state index contributed by atoms with van der Waals surface area (Å²) in [6, 6.07) is 0. The summed E-state index contributed by atoms with van der Waals surface area (Å²) < 4.78 is 17.4. The predicted molar refractivity (Wildman–Crippen MR) is 42.3 cm³/mol. The minimum absolute atomic E-state index is 0.311. The normalized spacial score (nSPS) is 10.0. The second kappa shape index (κ2) is 4.48. The summed E-state index contributed by atoms with van der Waals surface area (Å²) in [6.07, 6.45) is 0. The van der Waals surface area contributed by atoms with Crippen LogP contribution in [0.15, 0.2) is 0 Å². The highest BCUT2D eigenvalue weighted by atomic mass is 35.5. The van der Waals surface area contributed by atoms with Gasteiger partial charge in [-0.2, -0.15) is 4.37 Å². The first-order valence-corrected chi connectivity index (χ1v) is 4.05. The summed E-state index contributed by atoms with van der Waals surface area (Å²) in [4.78, 5) is 0. The van der Waals surface area contributed by atoms with Gasteiger partial charge in [-0.3, -0.25) is 0 Å². The molecular formula is C5H7ClN2O2S. The first kappa shape index (κ1) is 8.70. The number of aromatic nitrogens is 2. The number of rotatable bonds is 4. The zero-order chi connectivity index (χ0) is 8.10. The summed E-state index contributed by atoms with van der Waals surface area (Å²) in [7, 11) is 1.60. The van der Waals surface area contributed by atoms with Crippen LogP contribution in [0.2, 0.25) is 5.15 Å². The van der Waals surface area contributed by atoms with Gasteiger partial charge in [-0.25, -0.2) is 0 Å². The standard InChI is InChI=1S/C5H7ClN2O2S/c1-9-2-3-10-5-4(6)7-11-8-5/h2-3H2,1H3. The summed E-state index contributed by atoms with van der Waals surface area (Å²) in [5.74, 6) is 0.383. The Morgan fingerprint density at radius 1 is 1.45 bits per heavy atom. The number of hydrogen-bond acceptors (Lipinski definition) is 5. The molecule has 0 radical (unpaired) electrons. The van der Waals surface area contributed by atoms with Gasteiger partial charge in [0.05, 0.1) is 18.3 Å². The van der Waals surface area contributed by atoms with Crippen LogP contribution < -0.4 is 4.74 Å². The minimum Gasteiger partial charge on any atom is -0.472 e. The van der Waals surface area contributed by atoms with E-state index in [4.69, 9.17) is 21.1 Å². The van der Waals surface area contributed by atoms with E-state index in [9.17, 15) is 0 Å². The van der Waals surface area contributed by atoms with E-state index in [0.29, 0.717) is 24.2 Å². The van der Waals surface area contributed by atoms with Gasteiger partial charge in [-0.15, -0.1) is 4.37 Å². The number of halogens is 1. The minimum atomic E-state index is 0.311. The average Bonchev–Trinajstić information content (AvgIpc) is 2.37. The van der Waals surface area contributed by atoms with Gasteiger partial charge in [0.25, 0.3) is 5.88 Å². The largest absolute Gasteiger partial charge is 0.472 e. The van der Waals surface area contributed by atoms with Gasteiger partial charge in [0.15, 0.2) is 0 Å². The van der Waals surface area contributed by atoms with E-state index in [1.54, 1.807) is 7.11 Å². The highest BCUT2D eigenvalue weighted by Crippen LogP contribution is 2.19. The highest BCUT2D eigenvalue weighted by Gasteiger charge is 2.04. The van der Waals surface area contributed by atoms with Crippen molar-refractivity contribution in [3.8, 4) is 5.88 Å². The lowest BCUT2D eigenvalue weighted by Gasteiger charge is -1.99. The quantitative estimate of drug-likeness (QED) is 0.676. The van der Waals surface area contributed by atoms with Gasteiger partial charge < -0.3 is 9.47 Å². The highest BCUT2D eigenvalue weighted by molar-refractivity contribution is 6.99. The maximum absolute atomic E-state index is 5.59. The zero-order valence-corrected chi connectivity index (χ0v) is 7.48. The monoisotopic (exact) mass is 194 g/mol. The van der Waals surface area contributed by atoms with Gasteiger partial charge in [-0.05, 0) is 0 Å². The second-order valence-corrected chi connectivity index (χ2v) is 2.59. The van der Waals surface area contributed by atoms with Crippen LogP contribution >= 0.6 is 23.3 Å². The zero-order valence-electron chi connectivity index (χ0n) is 5.91. The molecule has 1 rings (SSSR count). The third-order valence-electron chi connectivity index (χ3n) is 0.947. The molecule has 1 aromatic rings. The molecule has 0 N–H and O–H groups in total. The smallest absolute Gasteiger partial charge is 0.265 e. The molecule has 62 valence electrons. The van der Waals surface area contributed by atoms with Crippen LogP contribution in [0.5, 0.6) is 5.88 Å². The molecule has 0 unspecified atom stereocenters. The van der Waals surface area contributed by atoms with E-state index in [2.05, 4.69) is 8.75 Å². The van der Waals surface area contributed by atoms with E-state index >= 15 is 0 Å². The molecule has 0 spiro atoms. The summed E-state index contributed by atoms with van der Waals surface area (Å²) >= 11 is 6.62. The molecule has 1 aromatic heterocycles. The van der Waals surface area contributed by atoms with Crippen LogP contribution in [-0.4, -0.2) is 29.1 Å². The lowest BCUT2D eigenvalue weighted by atomic mass is 10.7. The van der Waals surface area contributed by atoms with E-state index in [1.807, 2.05) is 0 Å². The molecule has 4 nitrogen and oxygen atoms in total. The first-order valence-electron chi connectivity index (χ1n) is 2.94. The molecule has 0 aromatic carbocycles. The number of nitrogens with zero attached hydrogens (tertiary/aromatic N) is 2. The van der Waals surface area contributed by atoms with E-state index in [0.717, 1.165) is 11.7 Å². The van der Waals surface area contributed by atoms with Crippen molar-refractivity contribution in [2.75, 3.05) is 20.3 Å². The molecule has 0 bridgehead atoms. The topological polar surface area (TPSA) is 44.2 Å². The molecule has 0 amide bonds. The van der Waals surface area contributed by atoms with Gasteiger partial charge in [-0.1, -0.05) is 11.6 Å². The van der Waals surface area contributed by atoms with Gasteiger partial charge in [0, 0.05) is 7.11 Å². The molecule has 0 aliphatic heterocycles. The molecule has 0 fully saturated rings. The Morgan fingerprint density at radius 2 is 2.27 bits per heavy atom. The van der Waals surface area contributed by atoms with Crippen molar-refractivity contribution < 1.29 is 9.47 Å². The molecule has 11 heavy (non-hydrogen) atoms. The van der Waals surface area contributed by atoms with E-state index in [-0.39, 0.29) is 0 Å². The fourth-order valence-electron chi connectivity index (χ4n) is 0.478. The maximum atomic E-state index is 5.59. The Kier molecular flexibility index (Phi) is 3.55. The van der Waals surface area contributed by atoms with Crippen molar-refractivity contribution in [3.63, 3.8) is 0 Å². The van der Waals surface area contributed by atoms with Crippen molar-refractivity contribution in [1.29, 1.82) is 0 Å². The fraction of sp³-hybridized carbons (Fsp3) is 0.600. The Bertz CT molecular complexity index is 218. The Hall–Kier alpha value is -0.390. The third kappa shape index (κ3) is 2.61. The van der Waals surface area contributed by atoms with Crippen molar-refractivity contribution in [3.05, 3.63) is 5.15 Å². The third-order valence-corrected chi connectivity index (χ3v) is 1.81. The van der Waals surface area contributed by atoms with Crippen molar-refractivity contribution in [1.82, 2.24) is 8.75 Å². The fourth-order valence-corrected chi connectivity index (χ4v) is 1.12. The van der Waals surface area contributed by atoms with E-state index < -0.39 is 0 Å². The predicted octanol–water partition coefficient (Wildman–Crippen LogP) is 1.22. The molecular weight excluding hydrogens is 188 g/mol. The molecule has 0 aliphatic rings. The van der Waals surface area contributed by atoms with E-state index in [1.165, 1.54) is 0 Å². The van der Waals surface area contributed by atoms with Gasteiger partial charge in [0.2, 0.25) is 5.15 Å².